The highest BCUT2D eigenvalue weighted by Crippen LogP contribution is 2.18. The van der Waals surface area contributed by atoms with Gasteiger partial charge in [-0.3, -0.25) is 9.59 Å². The lowest BCUT2D eigenvalue weighted by atomic mass is 10.1. The fourth-order valence-electron chi connectivity index (χ4n) is 2.21. The maximum absolute atomic E-state index is 11.7. The monoisotopic (exact) mass is 289 g/mol. The molecule has 0 heterocycles. The largest absolute Gasteiger partial charge is 0.494 e. The van der Waals surface area contributed by atoms with Crippen LogP contribution in [0.5, 0.6) is 5.75 Å². The van der Waals surface area contributed by atoms with E-state index in [1.807, 2.05) is 30.3 Å². The molecule has 5 heteroatoms. The van der Waals surface area contributed by atoms with E-state index in [-0.39, 0.29) is 11.9 Å². The molecule has 0 spiro atoms. The van der Waals surface area contributed by atoms with Gasteiger partial charge in [-0.05, 0) is 25.0 Å². The van der Waals surface area contributed by atoms with Crippen molar-refractivity contribution in [2.24, 2.45) is 5.92 Å². The van der Waals surface area contributed by atoms with Crippen molar-refractivity contribution >= 4 is 11.9 Å². The van der Waals surface area contributed by atoms with Gasteiger partial charge in [0.2, 0.25) is 5.91 Å². The number of carbonyl (C=O) groups is 2. The molecule has 1 aliphatic carbocycles. The minimum atomic E-state index is -0.848. The van der Waals surface area contributed by atoms with Crippen molar-refractivity contribution in [2.45, 2.75) is 25.3 Å². The molecule has 0 radical (unpaired) electrons. The molecule has 2 unspecified atom stereocenters. The fraction of sp³-hybridized carbons (Fsp3) is 0.375. The topological polar surface area (TPSA) is 75.6 Å². The number of carbonyl (C=O) groups excluding carboxylic acids is 1. The molecular weight excluding hydrogens is 270 g/mol. The van der Waals surface area contributed by atoms with Crippen LogP contribution in [0.2, 0.25) is 0 Å². The van der Waals surface area contributed by atoms with Gasteiger partial charge in [0.15, 0.2) is 0 Å². The lowest BCUT2D eigenvalue weighted by Crippen LogP contribution is -2.33. The van der Waals surface area contributed by atoms with E-state index in [1.165, 1.54) is 0 Å². The van der Waals surface area contributed by atoms with Crippen molar-refractivity contribution < 1.29 is 19.4 Å². The van der Waals surface area contributed by atoms with Crippen LogP contribution in [-0.4, -0.2) is 29.6 Å². The van der Waals surface area contributed by atoms with Crippen LogP contribution in [0, 0.1) is 5.92 Å². The fourth-order valence-corrected chi connectivity index (χ4v) is 2.21. The molecular formula is C16H19NO4. The molecule has 112 valence electrons. The summed E-state index contributed by atoms with van der Waals surface area (Å²) in [5.41, 5.74) is 0. The number of rotatable bonds is 7. The second-order valence-electron chi connectivity index (χ2n) is 5.00. The summed E-state index contributed by atoms with van der Waals surface area (Å²) in [6, 6.07) is 9.28. The highest BCUT2D eigenvalue weighted by Gasteiger charge is 2.25. The molecule has 2 N–H and O–H groups in total. The Bertz CT molecular complexity index is 512. The Morgan fingerprint density at radius 3 is 2.67 bits per heavy atom. The molecule has 0 aliphatic heterocycles. The van der Waals surface area contributed by atoms with Gasteiger partial charge in [-0.25, -0.2) is 0 Å². The van der Waals surface area contributed by atoms with E-state index in [9.17, 15) is 9.59 Å². The number of aliphatic carboxylic acids is 1. The standard InChI is InChI=1S/C16H19NO4/c18-15(17-13-9-8-12(11-13)16(19)20)7-4-10-21-14-5-2-1-3-6-14/h1-3,5-6,8-9,12-13H,4,7,10-11H2,(H,17,18)(H,19,20). The van der Waals surface area contributed by atoms with Gasteiger partial charge in [-0.1, -0.05) is 30.4 Å². The molecule has 0 aromatic heterocycles. The number of hydrogen-bond acceptors (Lipinski definition) is 3. The molecule has 0 saturated carbocycles. The molecule has 0 saturated heterocycles. The summed E-state index contributed by atoms with van der Waals surface area (Å²) in [5.74, 6) is -0.621. The summed E-state index contributed by atoms with van der Waals surface area (Å²) < 4.78 is 5.50. The van der Waals surface area contributed by atoms with Crippen molar-refractivity contribution in [1.82, 2.24) is 5.32 Å². The van der Waals surface area contributed by atoms with Gasteiger partial charge in [-0.2, -0.15) is 0 Å². The smallest absolute Gasteiger partial charge is 0.310 e. The molecule has 1 amide bonds. The summed E-state index contributed by atoms with van der Waals surface area (Å²) in [5, 5.41) is 11.7. The third kappa shape index (κ3) is 4.95. The van der Waals surface area contributed by atoms with Crippen LogP contribution in [0.15, 0.2) is 42.5 Å². The van der Waals surface area contributed by atoms with Crippen LogP contribution in [-0.2, 0) is 9.59 Å². The molecule has 21 heavy (non-hydrogen) atoms. The van der Waals surface area contributed by atoms with Gasteiger partial charge >= 0.3 is 5.97 Å². The van der Waals surface area contributed by atoms with Crippen molar-refractivity contribution in [3.05, 3.63) is 42.5 Å². The highest BCUT2D eigenvalue weighted by atomic mass is 16.5. The molecule has 0 fully saturated rings. The van der Waals surface area contributed by atoms with Gasteiger partial charge in [0.05, 0.1) is 12.5 Å². The molecule has 5 nitrogen and oxygen atoms in total. The van der Waals surface area contributed by atoms with Crippen molar-refractivity contribution in [3.8, 4) is 5.75 Å². The van der Waals surface area contributed by atoms with E-state index >= 15 is 0 Å². The number of hydrogen-bond donors (Lipinski definition) is 2. The Balaban J connectivity index is 1.60. The third-order valence-corrected chi connectivity index (χ3v) is 3.31. The first-order valence-electron chi connectivity index (χ1n) is 7.03. The van der Waals surface area contributed by atoms with Crippen LogP contribution in [0.1, 0.15) is 19.3 Å². The zero-order chi connectivity index (χ0) is 15.1. The highest BCUT2D eigenvalue weighted by molar-refractivity contribution is 5.77. The normalized spacial score (nSPS) is 20.2. The number of benzene rings is 1. The van der Waals surface area contributed by atoms with Crippen LogP contribution in [0.3, 0.4) is 0 Å². The number of para-hydroxylation sites is 1. The second-order valence-corrected chi connectivity index (χ2v) is 5.00. The van der Waals surface area contributed by atoms with E-state index in [2.05, 4.69) is 5.32 Å². The molecule has 1 aromatic carbocycles. The van der Waals surface area contributed by atoms with E-state index in [0.717, 1.165) is 5.75 Å². The first kappa shape index (κ1) is 15.1. The average Bonchev–Trinajstić information content (AvgIpc) is 2.93. The quantitative estimate of drug-likeness (QED) is 0.594. The van der Waals surface area contributed by atoms with Gasteiger partial charge < -0.3 is 15.2 Å². The first-order valence-corrected chi connectivity index (χ1v) is 7.03. The first-order chi connectivity index (χ1) is 10.1. The van der Waals surface area contributed by atoms with E-state index < -0.39 is 11.9 Å². The van der Waals surface area contributed by atoms with Crippen molar-refractivity contribution in [1.29, 1.82) is 0 Å². The third-order valence-electron chi connectivity index (χ3n) is 3.31. The van der Waals surface area contributed by atoms with Gasteiger partial charge in [0, 0.05) is 12.5 Å². The van der Waals surface area contributed by atoms with E-state index in [4.69, 9.17) is 9.84 Å². The number of ether oxygens (including phenoxy) is 1. The van der Waals surface area contributed by atoms with Crippen LogP contribution >= 0.6 is 0 Å². The Morgan fingerprint density at radius 2 is 2.00 bits per heavy atom. The number of amides is 1. The van der Waals surface area contributed by atoms with Crippen molar-refractivity contribution in [2.75, 3.05) is 6.61 Å². The Morgan fingerprint density at radius 1 is 1.24 bits per heavy atom. The molecule has 2 atom stereocenters. The van der Waals surface area contributed by atoms with E-state index in [0.29, 0.717) is 25.9 Å². The molecule has 1 aliphatic rings. The van der Waals surface area contributed by atoms with Crippen molar-refractivity contribution in [3.63, 3.8) is 0 Å². The predicted molar refractivity (Wildman–Crippen MR) is 78.0 cm³/mol. The molecule has 2 rings (SSSR count). The lowest BCUT2D eigenvalue weighted by molar-refractivity contribution is -0.140. The van der Waals surface area contributed by atoms with Crippen LogP contribution in [0.25, 0.3) is 0 Å². The molecule has 1 aromatic rings. The SMILES string of the molecule is O=C(CCCOc1ccccc1)NC1C=CC(C(=O)O)C1. The Kier molecular flexibility index (Phi) is 5.37. The predicted octanol–water partition coefficient (Wildman–Crippen LogP) is 1.99. The zero-order valence-electron chi connectivity index (χ0n) is 11.7. The summed E-state index contributed by atoms with van der Waals surface area (Å²) in [7, 11) is 0. The van der Waals surface area contributed by atoms with E-state index in [1.54, 1.807) is 12.2 Å². The zero-order valence-corrected chi connectivity index (χ0v) is 11.7. The molecule has 0 bridgehead atoms. The summed E-state index contributed by atoms with van der Waals surface area (Å²) in [4.78, 5) is 22.5. The second kappa shape index (κ2) is 7.47. The van der Waals surface area contributed by atoms with Crippen LogP contribution in [0.4, 0.5) is 0 Å². The Labute approximate surface area is 123 Å². The maximum atomic E-state index is 11.7. The maximum Gasteiger partial charge on any atom is 0.310 e. The minimum absolute atomic E-state index is 0.0765. The number of carboxylic acid groups (broad SMARTS) is 1. The lowest BCUT2D eigenvalue weighted by Gasteiger charge is -2.12. The summed E-state index contributed by atoms with van der Waals surface area (Å²) in [6.07, 6.45) is 4.80. The van der Waals surface area contributed by atoms with Gasteiger partial charge in [0.1, 0.15) is 5.75 Å². The van der Waals surface area contributed by atoms with Gasteiger partial charge in [0.25, 0.3) is 0 Å². The summed E-state index contributed by atoms with van der Waals surface area (Å²) >= 11 is 0. The number of nitrogens with one attached hydrogen (secondary N) is 1. The van der Waals surface area contributed by atoms with Gasteiger partial charge in [-0.15, -0.1) is 0 Å². The Hall–Kier alpha value is -2.30. The minimum Gasteiger partial charge on any atom is -0.494 e. The number of carboxylic acids is 1. The summed E-state index contributed by atoms with van der Waals surface area (Å²) in [6.45, 7) is 0.482. The van der Waals surface area contributed by atoms with Crippen LogP contribution < -0.4 is 10.1 Å². The average molecular weight is 289 g/mol.